The Hall–Kier alpha value is -2.33. The number of aromatic nitrogens is 1. The summed E-state index contributed by atoms with van der Waals surface area (Å²) in [6, 6.07) is 0. The highest BCUT2D eigenvalue weighted by Gasteiger charge is 2.45. The Balaban J connectivity index is 3.83. The molecule has 1 heterocycles. The van der Waals surface area contributed by atoms with Gasteiger partial charge in [0, 0.05) is 0 Å². The van der Waals surface area contributed by atoms with E-state index in [9.17, 15) is 36.9 Å². The van der Waals surface area contributed by atoms with Gasteiger partial charge in [0.25, 0.3) is 6.43 Å². The van der Waals surface area contributed by atoms with Gasteiger partial charge in [0.1, 0.15) is 17.5 Å². The minimum Gasteiger partial charge on any atom is -0.478 e. The molecule has 104 valence electrons. The highest BCUT2D eigenvalue weighted by atomic mass is 19.4. The Labute approximate surface area is 100 Å². The van der Waals surface area contributed by atoms with Crippen LogP contribution >= 0.6 is 0 Å². The van der Waals surface area contributed by atoms with Crippen LogP contribution in [0.3, 0.4) is 0 Å². The summed E-state index contributed by atoms with van der Waals surface area (Å²) in [4.78, 5) is 22.3. The fourth-order valence-electron chi connectivity index (χ4n) is 1.32. The number of nitrogens with zero attached hydrogens (tertiary/aromatic N) is 2. The van der Waals surface area contributed by atoms with Gasteiger partial charge in [-0.1, -0.05) is 0 Å². The number of rotatable bonds is 3. The number of hydrogen-bond acceptors (Lipinski definition) is 4. The molecule has 0 unspecified atom stereocenters. The summed E-state index contributed by atoms with van der Waals surface area (Å²) in [5, 5.41) is 19.0. The van der Waals surface area contributed by atoms with Crippen molar-refractivity contribution >= 4 is 11.7 Å². The third-order valence-corrected chi connectivity index (χ3v) is 1.99. The minimum absolute atomic E-state index is 0.0449. The third kappa shape index (κ3) is 2.74. The SMILES string of the molecule is O=C(O)c1c(C(F)F)ncc([N+](=O)[O-])c1C(F)(F)F. The molecule has 0 spiro atoms. The zero-order valence-corrected chi connectivity index (χ0v) is 8.61. The van der Waals surface area contributed by atoms with Gasteiger partial charge in [-0.3, -0.25) is 10.1 Å². The Kier molecular flexibility index (Phi) is 3.68. The summed E-state index contributed by atoms with van der Waals surface area (Å²) in [6.07, 6.45) is -9.15. The normalized spacial score (nSPS) is 11.7. The molecule has 0 radical (unpaired) electrons. The van der Waals surface area contributed by atoms with Crippen LogP contribution in [0.1, 0.15) is 28.0 Å². The van der Waals surface area contributed by atoms with Gasteiger partial charge in [-0.15, -0.1) is 0 Å². The van der Waals surface area contributed by atoms with Gasteiger partial charge in [-0.2, -0.15) is 13.2 Å². The summed E-state index contributed by atoms with van der Waals surface area (Å²) >= 11 is 0. The molecule has 0 aliphatic heterocycles. The van der Waals surface area contributed by atoms with Crippen molar-refractivity contribution in [1.82, 2.24) is 4.98 Å². The average molecular weight is 286 g/mol. The molecule has 0 atom stereocenters. The number of carbonyl (C=O) groups is 1. The van der Waals surface area contributed by atoms with Crippen molar-refractivity contribution in [1.29, 1.82) is 0 Å². The van der Waals surface area contributed by atoms with Gasteiger partial charge in [0.05, 0.1) is 4.92 Å². The molecule has 0 saturated carbocycles. The summed E-state index contributed by atoms with van der Waals surface area (Å²) in [6.45, 7) is 0. The van der Waals surface area contributed by atoms with Crippen LogP contribution < -0.4 is 0 Å². The van der Waals surface area contributed by atoms with Crippen molar-refractivity contribution in [3.05, 3.63) is 33.1 Å². The number of carboxylic acid groups (broad SMARTS) is 1. The van der Waals surface area contributed by atoms with Crippen molar-refractivity contribution < 1.29 is 36.8 Å². The lowest BCUT2D eigenvalue weighted by molar-refractivity contribution is -0.388. The smallest absolute Gasteiger partial charge is 0.423 e. The zero-order chi connectivity index (χ0) is 15.0. The number of alkyl halides is 5. The molecule has 0 fully saturated rings. The van der Waals surface area contributed by atoms with Gasteiger partial charge >= 0.3 is 17.8 Å². The molecule has 11 heteroatoms. The molecule has 0 amide bonds. The minimum atomic E-state index is -5.48. The molecule has 0 aliphatic carbocycles. The second-order valence-corrected chi connectivity index (χ2v) is 3.14. The molecule has 1 aromatic heterocycles. The topological polar surface area (TPSA) is 93.3 Å². The second kappa shape index (κ2) is 4.74. The summed E-state index contributed by atoms with van der Waals surface area (Å²) in [5.41, 5.74) is -7.55. The van der Waals surface area contributed by atoms with Crippen LogP contribution in [-0.2, 0) is 6.18 Å². The maximum atomic E-state index is 12.6. The molecular formula is C8H3F5N2O4. The van der Waals surface area contributed by atoms with E-state index in [0.717, 1.165) is 0 Å². The zero-order valence-electron chi connectivity index (χ0n) is 8.61. The Bertz CT molecular complexity index is 543. The first-order valence-electron chi connectivity index (χ1n) is 4.33. The number of carboxylic acids is 1. The largest absolute Gasteiger partial charge is 0.478 e. The van der Waals surface area contributed by atoms with E-state index in [2.05, 4.69) is 4.98 Å². The van der Waals surface area contributed by atoms with E-state index < -0.39 is 46.0 Å². The summed E-state index contributed by atoms with van der Waals surface area (Å²) in [5.74, 6) is -2.38. The first kappa shape index (κ1) is 14.7. The lowest BCUT2D eigenvalue weighted by Gasteiger charge is -2.13. The fraction of sp³-hybridized carbons (Fsp3) is 0.250. The fourth-order valence-corrected chi connectivity index (χ4v) is 1.32. The Morgan fingerprint density at radius 3 is 2.26 bits per heavy atom. The summed E-state index contributed by atoms with van der Waals surface area (Å²) in [7, 11) is 0. The number of aromatic carboxylic acids is 1. The van der Waals surface area contributed by atoms with Crippen LogP contribution in [0.4, 0.5) is 27.6 Å². The third-order valence-electron chi connectivity index (χ3n) is 1.99. The second-order valence-electron chi connectivity index (χ2n) is 3.14. The lowest BCUT2D eigenvalue weighted by atomic mass is 10.0. The first-order chi connectivity index (χ1) is 8.57. The molecule has 1 N–H and O–H groups in total. The molecular weight excluding hydrogens is 283 g/mol. The van der Waals surface area contributed by atoms with E-state index in [1.165, 1.54) is 0 Å². The van der Waals surface area contributed by atoms with E-state index in [1.807, 2.05) is 0 Å². The van der Waals surface area contributed by atoms with Crippen LogP contribution in [0.5, 0.6) is 0 Å². The molecule has 19 heavy (non-hydrogen) atoms. The van der Waals surface area contributed by atoms with E-state index in [4.69, 9.17) is 5.11 Å². The quantitative estimate of drug-likeness (QED) is 0.523. The number of halogens is 5. The van der Waals surface area contributed by atoms with E-state index in [1.54, 1.807) is 0 Å². The monoisotopic (exact) mass is 286 g/mol. The molecule has 0 saturated heterocycles. The van der Waals surface area contributed by atoms with Crippen molar-refractivity contribution in [3.63, 3.8) is 0 Å². The average Bonchev–Trinajstić information content (AvgIpc) is 2.25. The van der Waals surface area contributed by atoms with E-state index >= 15 is 0 Å². The Morgan fingerprint density at radius 2 is 1.95 bits per heavy atom. The van der Waals surface area contributed by atoms with E-state index in [0.29, 0.717) is 0 Å². The number of pyridine rings is 1. The molecule has 0 bridgehead atoms. The molecule has 6 nitrogen and oxygen atoms in total. The van der Waals surface area contributed by atoms with Gasteiger partial charge in [0.2, 0.25) is 0 Å². The maximum Gasteiger partial charge on any atom is 0.423 e. The molecule has 1 aromatic rings. The highest BCUT2D eigenvalue weighted by molar-refractivity contribution is 5.92. The molecule has 1 rings (SSSR count). The van der Waals surface area contributed by atoms with Crippen LogP contribution in [0.25, 0.3) is 0 Å². The van der Waals surface area contributed by atoms with Crippen LogP contribution in [0.2, 0.25) is 0 Å². The molecule has 0 aromatic carbocycles. The van der Waals surface area contributed by atoms with Crippen molar-refractivity contribution in [2.24, 2.45) is 0 Å². The summed E-state index contributed by atoms with van der Waals surface area (Å²) < 4.78 is 62.7. The van der Waals surface area contributed by atoms with Crippen molar-refractivity contribution in [2.75, 3.05) is 0 Å². The maximum absolute atomic E-state index is 12.6. The van der Waals surface area contributed by atoms with Gasteiger partial charge in [-0.05, 0) is 0 Å². The van der Waals surface area contributed by atoms with Gasteiger partial charge in [0.15, 0.2) is 5.56 Å². The highest BCUT2D eigenvalue weighted by Crippen LogP contribution is 2.40. The molecule has 0 aliphatic rings. The van der Waals surface area contributed by atoms with Gasteiger partial charge in [-0.25, -0.2) is 18.6 Å². The van der Waals surface area contributed by atoms with Gasteiger partial charge < -0.3 is 5.11 Å². The number of hydrogen-bond donors (Lipinski definition) is 1. The van der Waals surface area contributed by atoms with Crippen LogP contribution in [0.15, 0.2) is 6.20 Å². The predicted octanol–water partition coefficient (Wildman–Crippen LogP) is 2.64. The first-order valence-corrected chi connectivity index (χ1v) is 4.33. The van der Waals surface area contributed by atoms with Crippen molar-refractivity contribution in [3.8, 4) is 0 Å². The predicted molar refractivity (Wildman–Crippen MR) is 47.8 cm³/mol. The number of nitro groups is 1. The van der Waals surface area contributed by atoms with E-state index in [-0.39, 0.29) is 6.20 Å². The van der Waals surface area contributed by atoms with Crippen LogP contribution in [-0.4, -0.2) is 21.0 Å². The van der Waals surface area contributed by atoms with Crippen LogP contribution in [0, 0.1) is 10.1 Å². The Morgan fingerprint density at radius 1 is 1.42 bits per heavy atom. The van der Waals surface area contributed by atoms with Crippen molar-refractivity contribution in [2.45, 2.75) is 12.6 Å². The lowest BCUT2D eigenvalue weighted by Crippen LogP contribution is -2.19. The standard InChI is InChI=1S/C8H3F5N2O4/c9-6(10)5-3(7(16)17)4(8(11,12)13)2(1-14-5)15(18)19/h1,6H,(H,16,17).